The number of pyridine rings is 1. The molecule has 5 nitrogen and oxygen atoms in total. The van der Waals surface area contributed by atoms with Crippen molar-refractivity contribution in [1.29, 1.82) is 0 Å². The van der Waals surface area contributed by atoms with Gasteiger partial charge in [-0.25, -0.2) is 9.37 Å². The molecule has 3 aromatic rings. The highest BCUT2D eigenvalue weighted by atomic mass is 19.1. The van der Waals surface area contributed by atoms with Crippen LogP contribution in [0, 0.1) is 19.7 Å². The molecular weight excluding hydrogens is 345 g/mol. The summed E-state index contributed by atoms with van der Waals surface area (Å²) in [5, 5.41) is 7.39. The second kappa shape index (κ2) is 8.20. The summed E-state index contributed by atoms with van der Waals surface area (Å²) in [4.78, 5) is 4.41. The second-order valence-corrected chi connectivity index (χ2v) is 6.50. The van der Waals surface area contributed by atoms with Crippen LogP contribution in [-0.2, 0) is 13.0 Å². The van der Waals surface area contributed by atoms with Crippen molar-refractivity contribution in [2.45, 2.75) is 40.2 Å². The number of ether oxygens (including phenoxy) is 1. The Morgan fingerprint density at radius 1 is 1.19 bits per heavy atom. The Labute approximate surface area is 158 Å². The molecule has 2 aromatic heterocycles. The molecule has 0 unspecified atom stereocenters. The highest BCUT2D eigenvalue weighted by Crippen LogP contribution is 2.32. The molecule has 0 spiro atoms. The maximum absolute atomic E-state index is 13.6. The number of anilines is 1. The summed E-state index contributed by atoms with van der Waals surface area (Å²) in [7, 11) is 1.59. The van der Waals surface area contributed by atoms with Crippen LogP contribution < -0.4 is 10.1 Å². The smallest absolute Gasteiger partial charge is 0.237 e. The van der Waals surface area contributed by atoms with Crippen LogP contribution in [0.2, 0.25) is 0 Å². The van der Waals surface area contributed by atoms with Crippen LogP contribution in [0.25, 0.3) is 11.1 Å². The predicted molar refractivity (Wildman–Crippen MR) is 103 cm³/mol. The second-order valence-electron chi connectivity index (χ2n) is 6.50. The van der Waals surface area contributed by atoms with Crippen molar-refractivity contribution in [3.8, 4) is 17.0 Å². The largest absolute Gasteiger partial charge is 0.480 e. The number of aryl methyl sites for hydroxylation is 3. The Morgan fingerprint density at radius 2 is 2.00 bits per heavy atom. The van der Waals surface area contributed by atoms with E-state index in [-0.39, 0.29) is 5.82 Å². The fourth-order valence-electron chi connectivity index (χ4n) is 3.23. The molecule has 1 N–H and O–H groups in total. The quantitative estimate of drug-likeness (QED) is 0.630. The Bertz CT molecular complexity index is 918. The normalized spacial score (nSPS) is 10.9. The van der Waals surface area contributed by atoms with Gasteiger partial charge in [-0.2, -0.15) is 0 Å². The standard InChI is InChI=1S/C21H24FN3O2/c1-5-6-15-9-18(22)8-7-16(15)11-23-19-10-17(12-24-21(19)26-4)20-13(2)25-27-14(20)3/h7-10,12,23H,5-6,11H2,1-4H3. The van der Waals surface area contributed by atoms with Crippen LogP contribution >= 0.6 is 0 Å². The lowest BCUT2D eigenvalue weighted by Gasteiger charge is -2.14. The van der Waals surface area contributed by atoms with E-state index in [0.717, 1.165) is 52.2 Å². The van der Waals surface area contributed by atoms with Gasteiger partial charge in [0.25, 0.3) is 0 Å². The Hall–Kier alpha value is -2.89. The summed E-state index contributed by atoms with van der Waals surface area (Å²) in [6.07, 6.45) is 3.54. The lowest BCUT2D eigenvalue weighted by Crippen LogP contribution is -2.06. The Morgan fingerprint density at radius 3 is 2.67 bits per heavy atom. The van der Waals surface area contributed by atoms with E-state index in [1.165, 1.54) is 6.07 Å². The Kier molecular flexibility index (Phi) is 5.74. The van der Waals surface area contributed by atoms with Crippen molar-refractivity contribution in [2.24, 2.45) is 0 Å². The number of benzene rings is 1. The van der Waals surface area contributed by atoms with Crippen molar-refractivity contribution in [1.82, 2.24) is 10.1 Å². The molecule has 0 aliphatic heterocycles. The average molecular weight is 369 g/mol. The first-order valence-electron chi connectivity index (χ1n) is 9.02. The van der Waals surface area contributed by atoms with Crippen molar-refractivity contribution in [3.05, 3.63) is 58.9 Å². The van der Waals surface area contributed by atoms with Gasteiger partial charge in [-0.05, 0) is 49.6 Å². The average Bonchev–Trinajstić information content (AvgIpc) is 2.99. The topological polar surface area (TPSA) is 60.2 Å². The molecular formula is C21H24FN3O2. The van der Waals surface area contributed by atoms with Crippen molar-refractivity contribution >= 4 is 5.69 Å². The van der Waals surface area contributed by atoms with E-state index in [0.29, 0.717) is 12.4 Å². The van der Waals surface area contributed by atoms with E-state index in [1.807, 2.05) is 26.0 Å². The lowest BCUT2D eigenvalue weighted by molar-refractivity contribution is 0.393. The van der Waals surface area contributed by atoms with Crippen molar-refractivity contribution in [3.63, 3.8) is 0 Å². The van der Waals surface area contributed by atoms with E-state index in [1.54, 1.807) is 19.4 Å². The van der Waals surface area contributed by atoms with Gasteiger partial charge in [-0.1, -0.05) is 24.6 Å². The van der Waals surface area contributed by atoms with Crippen LogP contribution in [0.5, 0.6) is 5.88 Å². The highest BCUT2D eigenvalue weighted by molar-refractivity contribution is 5.72. The van der Waals surface area contributed by atoms with Gasteiger partial charge >= 0.3 is 0 Å². The minimum Gasteiger partial charge on any atom is -0.480 e. The van der Waals surface area contributed by atoms with E-state index in [2.05, 4.69) is 22.4 Å². The summed E-state index contributed by atoms with van der Waals surface area (Å²) in [5.41, 5.74) is 5.49. The highest BCUT2D eigenvalue weighted by Gasteiger charge is 2.15. The van der Waals surface area contributed by atoms with Crippen molar-refractivity contribution < 1.29 is 13.7 Å². The molecule has 0 radical (unpaired) electrons. The molecule has 0 aliphatic carbocycles. The first-order chi connectivity index (χ1) is 13.0. The first kappa shape index (κ1) is 18.9. The molecule has 27 heavy (non-hydrogen) atoms. The molecule has 0 bridgehead atoms. The third-order valence-corrected chi connectivity index (χ3v) is 4.52. The van der Waals surface area contributed by atoms with Gasteiger partial charge in [0.1, 0.15) is 11.6 Å². The minimum atomic E-state index is -0.207. The van der Waals surface area contributed by atoms with E-state index >= 15 is 0 Å². The van der Waals surface area contributed by atoms with E-state index in [4.69, 9.17) is 9.26 Å². The van der Waals surface area contributed by atoms with Crippen LogP contribution in [0.15, 0.2) is 35.0 Å². The number of hydrogen-bond acceptors (Lipinski definition) is 5. The van der Waals surface area contributed by atoms with E-state index < -0.39 is 0 Å². The molecule has 6 heteroatoms. The van der Waals surface area contributed by atoms with Crippen LogP contribution in [-0.4, -0.2) is 17.3 Å². The number of hydrogen-bond donors (Lipinski definition) is 1. The van der Waals surface area contributed by atoms with Crippen molar-refractivity contribution in [2.75, 3.05) is 12.4 Å². The monoisotopic (exact) mass is 369 g/mol. The zero-order valence-corrected chi connectivity index (χ0v) is 16.1. The van der Waals surface area contributed by atoms with Crippen LogP contribution in [0.3, 0.4) is 0 Å². The van der Waals surface area contributed by atoms with Gasteiger partial charge < -0.3 is 14.6 Å². The summed E-state index contributed by atoms with van der Waals surface area (Å²) < 4.78 is 24.2. The molecule has 142 valence electrons. The first-order valence-corrected chi connectivity index (χ1v) is 9.02. The third-order valence-electron chi connectivity index (χ3n) is 4.52. The number of rotatable bonds is 7. The third kappa shape index (κ3) is 4.10. The zero-order valence-electron chi connectivity index (χ0n) is 16.1. The summed E-state index contributed by atoms with van der Waals surface area (Å²) >= 11 is 0. The Balaban J connectivity index is 1.90. The number of aromatic nitrogens is 2. The fraction of sp³-hybridized carbons (Fsp3) is 0.333. The minimum absolute atomic E-state index is 0.207. The molecule has 0 fully saturated rings. The number of methoxy groups -OCH3 is 1. The molecule has 0 saturated heterocycles. The van der Waals surface area contributed by atoms with Gasteiger partial charge in [0.2, 0.25) is 5.88 Å². The van der Waals surface area contributed by atoms with Gasteiger partial charge in [-0.15, -0.1) is 0 Å². The number of nitrogens with zero attached hydrogens (tertiary/aromatic N) is 2. The maximum atomic E-state index is 13.6. The van der Waals surface area contributed by atoms with Gasteiger partial charge in [-0.3, -0.25) is 0 Å². The molecule has 3 rings (SSSR count). The van der Waals surface area contributed by atoms with Gasteiger partial charge in [0, 0.05) is 23.9 Å². The molecule has 0 amide bonds. The fourth-order valence-corrected chi connectivity index (χ4v) is 3.23. The van der Waals surface area contributed by atoms with Gasteiger partial charge in [0.15, 0.2) is 0 Å². The maximum Gasteiger partial charge on any atom is 0.237 e. The zero-order chi connectivity index (χ0) is 19.4. The van der Waals surface area contributed by atoms with Crippen LogP contribution in [0.4, 0.5) is 10.1 Å². The SMILES string of the molecule is CCCc1cc(F)ccc1CNc1cc(-c2c(C)noc2C)cnc1OC. The van der Waals surface area contributed by atoms with E-state index in [9.17, 15) is 4.39 Å². The summed E-state index contributed by atoms with van der Waals surface area (Å²) in [5.74, 6) is 1.04. The lowest BCUT2D eigenvalue weighted by atomic mass is 10.0. The molecule has 0 saturated carbocycles. The molecule has 1 aromatic carbocycles. The van der Waals surface area contributed by atoms with Crippen LogP contribution in [0.1, 0.15) is 35.9 Å². The summed E-state index contributed by atoms with van der Waals surface area (Å²) in [6.45, 7) is 6.42. The number of nitrogens with one attached hydrogen (secondary N) is 1. The molecule has 2 heterocycles. The molecule has 0 atom stereocenters. The molecule has 0 aliphatic rings. The van der Waals surface area contributed by atoms with Gasteiger partial charge in [0.05, 0.1) is 18.5 Å². The number of halogens is 1. The summed E-state index contributed by atoms with van der Waals surface area (Å²) in [6, 6.07) is 6.90. The predicted octanol–water partition coefficient (Wildman–Crippen LogP) is 5.07.